The van der Waals surface area contributed by atoms with Crippen molar-refractivity contribution in [2.24, 2.45) is 0 Å². The van der Waals surface area contributed by atoms with E-state index < -0.39 is 16.1 Å². The molecule has 3 rings (SSSR count). The molecular formula is C15H16N4O5S. The predicted molar refractivity (Wildman–Crippen MR) is 88.7 cm³/mol. The molecule has 1 saturated heterocycles. The highest BCUT2D eigenvalue weighted by atomic mass is 32.2. The molecule has 2 N–H and O–H groups in total. The van der Waals surface area contributed by atoms with Gasteiger partial charge in [-0.1, -0.05) is 0 Å². The van der Waals surface area contributed by atoms with Gasteiger partial charge in [-0.2, -0.15) is 4.31 Å². The summed E-state index contributed by atoms with van der Waals surface area (Å²) < 4.78 is 32.0. The number of carbonyl (C=O) groups is 1. The third-order valence-electron chi connectivity index (χ3n) is 3.65. The molecule has 1 fully saturated rings. The van der Waals surface area contributed by atoms with Crippen molar-refractivity contribution in [2.45, 2.75) is 4.90 Å². The smallest absolute Gasteiger partial charge is 0.410 e. The van der Waals surface area contributed by atoms with Crippen molar-refractivity contribution in [1.82, 2.24) is 14.3 Å². The van der Waals surface area contributed by atoms with Crippen LogP contribution in [0.1, 0.15) is 0 Å². The number of hydrogen-bond donors (Lipinski definition) is 2. The Morgan fingerprint density at radius 1 is 1.20 bits per heavy atom. The van der Waals surface area contributed by atoms with Crippen LogP contribution in [0.25, 0.3) is 11.1 Å². The molecule has 0 unspecified atom stereocenters. The third kappa shape index (κ3) is 3.92. The summed E-state index contributed by atoms with van der Waals surface area (Å²) in [5.74, 6) is 0.145. The van der Waals surface area contributed by atoms with Gasteiger partial charge in [-0.25, -0.2) is 18.2 Å². The zero-order valence-corrected chi connectivity index (χ0v) is 13.9. The van der Waals surface area contributed by atoms with Crippen molar-refractivity contribution in [2.75, 3.05) is 31.6 Å². The highest BCUT2D eigenvalue weighted by molar-refractivity contribution is 7.89. The van der Waals surface area contributed by atoms with Crippen LogP contribution in [-0.4, -0.2) is 60.2 Å². The quantitative estimate of drug-likeness (QED) is 0.837. The van der Waals surface area contributed by atoms with Gasteiger partial charge in [0.1, 0.15) is 10.7 Å². The highest BCUT2D eigenvalue weighted by Crippen LogP contribution is 2.24. The van der Waals surface area contributed by atoms with E-state index in [0.29, 0.717) is 37.4 Å². The van der Waals surface area contributed by atoms with Crippen molar-refractivity contribution < 1.29 is 23.1 Å². The second kappa shape index (κ2) is 7.13. The average Bonchev–Trinajstić information content (AvgIpc) is 2.62. The van der Waals surface area contributed by atoms with Crippen LogP contribution in [0.5, 0.6) is 0 Å². The fraction of sp³-hybridized carbons (Fsp3) is 0.267. The normalized spacial score (nSPS) is 15.7. The first-order valence-corrected chi connectivity index (χ1v) is 8.90. The maximum Gasteiger partial charge on any atom is 0.410 e. The van der Waals surface area contributed by atoms with Crippen LogP contribution in [0.2, 0.25) is 0 Å². The van der Waals surface area contributed by atoms with Crippen molar-refractivity contribution >= 4 is 21.9 Å². The summed E-state index contributed by atoms with van der Waals surface area (Å²) in [7, 11) is -3.66. The van der Waals surface area contributed by atoms with Crippen LogP contribution in [0.3, 0.4) is 0 Å². The van der Waals surface area contributed by atoms with E-state index in [2.05, 4.69) is 15.3 Å². The molecule has 0 radical (unpaired) electrons. The molecule has 0 saturated carbocycles. The lowest BCUT2D eigenvalue weighted by Crippen LogP contribution is -2.40. The molecule has 2 aromatic heterocycles. The Bertz CT molecular complexity index is 881. The summed E-state index contributed by atoms with van der Waals surface area (Å²) in [4.78, 5) is 18.7. The molecule has 132 valence electrons. The zero-order valence-electron chi connectivity index (χ0n) is 13.1. The van der Waals surface area contributed by atoms with Crippen molar-refractivity contribution in [3.8, 4) is 11.1 Å². The summed E-state index contributed by atoms with van der Waals surface area (Å²) in [6, 6.07) is 4.67. The SMILES string of the molecule is O=C(O)Nc1cc(-c2cncc(S(=O)(=O)N3CCOCC3)c2)ccn1. The number of rotatable bonds is 4. The Labute approximate surface area is 144 Å². The number of nitrogens with one attached hydrogen (secondary N) is 1. The molecule has 25 heavy (non-hydrogen) atoms. The lowest BCUT2D eigenvalue weighted by molar-refractivity contribution is 0.0730. The number of carboxylic acid groups (broad SMARTS) is 1. The Morgan fingerprint density at radius 3 is 2.68 bits per heavy atom. The number of anilines is 1. The summed E-state index contributed by atoms with van der Waals surface area (Å²) in [5.41, 5.74) is 1.15. The molecule has 1 aliphatic rings. The third-order valence-corrected chi connectivity index (χ3v) is 5.51. The van der Waals surface area contributed by atoms with Crippen LogP contribution >= 0.6 is 0 Å². The van der Waals surface area contributed by atoms with E-state index >= 15 is 0 Å². The Balaban J connectivity index is 1.92. The van der Waals surface area contributed by atoms with Crippen molar-refractivity contribution in [1.29, 1.82) is 0 Å². The van der Waals surface area contributed by atoms with Gasteiger partial charge in [-0.15, -0.1) is 0 Å². The lowest BCUT2D eigenvalue weighted by Gasteiger charge is -2.26. The van der Waals surface area contributed by atoms with Crippen LogP contribution in [0.15, 0.2) is 41.7 Å². The fourth-order valence-electron chi connectivity index (χ4n) is 2.44. The number of hydrogen-bond acceptors (Lipinski definition) is 6. The van der Waals surface area contributed by atoms with Crippen molar-refractivity contribution in [3.63, 3.8) is 0 Å². The molecule has 1 amide bonds. The molecule has 2 aromatic rings. The maximum absolute atomic E-state index is 12.7. The van der Waals surface area contributed by atoms with E-state index in [4.69, 9.17) is 9.84 Å². The Hall–Kier alpha value is -2.56. The van der Waals surface area contributed by atoms with E-state index in [1.165, 1.54) is 35.0 Å². The number of morpholine rings is 1. The molecular weight excluding hydrogens is 348 g/mol. The van der Waals surface area contributed by atoms with E-state index in [9.17, 15) is 13.2 Å². The second-order valence-electron chi connectivity index (χ2n) is 5.29. The number of nitrogens with zero attached hydrogens (tertiary/aromatic N) is 3. The van der Waals surface area contributed by atoms with Gasteiger partial charge in [0.25, 0.3) is 0 Å². The van der Waals surface area contributed by atoms with Gasteiger partial charge >= 0.3 is 6.09 Å². The Morgan fingerprint density at radius 2 is 1.96 bits per heavy atom. The molecule has 0 aromatic carbocycles. The summed E-state index contributed by atoms with van der Waals surface area (Å²) in [6.07, 6.45) is 3.01. The van der Waals surface area contributed by atoms with Crippen LogP contribution in [0, 0.1) is 0 Å². The van der Waals surface area contributed by atoms with Gasteiger partial charge in [0.2, 0.25) is 10.0 Å². The first kappa shape index (κ1) is 17.3. The number of aromatic nitrogens is 2. The van der Waals surface area contributed by atoms with Gasteiger partial charge in [0.15, 0.2) is 0 Å². The molecule has 3 heterocycles. The molecule has 0 aliphatic carbocycles. The minimum Gasteiger partial charge on any atom is -0.465 e. The summed E-state index contributed by atoms with van der Waals surface area (Å²) in [5, 5.41) is 10.9. The number of ether oxygens (including phenoxy) is 1. The standard InChI is InChI=1S/C15H16N4O5S/c20-15(21)18-14-8-11(1-2-17-14)12-7-13(10-16-9-12)25(22,23)19-3-5-24-6-4-19/h1-2,7-10H,3-6H2,(H,17,18)(H,20,21). The molecule has 1 aliphatic heterocycles. The minimum atomic E-state index is -3.66. The highest BCUT2D eigenvalue weighted by Gasteiger charge is 2.26. The second-order valence-corrected chi connectivity index (χ2v) is 7.22. The monoisotopic (exact) mass is 364 g/mol. The van der Waals surface area contributed by atoms with Gasteiger partial charge < -0.3 is 9.84 Å². The van der Waals surface area contributed by atoms with E-state index in [0.717, 1.165) is 0 Å². The molecule has 0 bridgehead atoms. The average molecular weight is 364 g/mol. The van der Waals surface area contributed by atoms with Crippen LogP contribution < -0.4 is 5.32 Å². The minimum absolute atomic E-state index is 0.0801. The molecule has 10 heteroatoms. The van der Waals surface area contributed by atoms with Gasteiger partial charge in [0.05, 0.1) is 13.2 Å². The Kier molecular flexibility index (Phi) is 4.93. The number of sulfonamides is 1. The van der Waals surface area contributed by atoms with Crippen molar-refractivity contribution in [3.05, 3.63) is 36.8 Å². The zero-order chi connectivity index (χ0) is 17.9. The van der Waals surface area contributed by atoms with E-state index in [1.54, 1.807) is 6.07 Å². The maximum atomic E-state index is 12.7. The topological polar surface area (TPSA) is 122 Å². The molecule has 0 atom stereocenters. The van der Waals surface area contributed by atoms with Gasteiger partial charge in [-0.05, 0) is 23.8 Å². The summed E-state index contributed by atoms with van der Waals surface area (Å²) >= 11 is 0. The van der Waals surface area contributed by atoms with E-state index in [-0.39, 0.29) is 10.7 Å². The van der Waals surface area contributed by atoms with E-state index in [1.807, 2.05) is 0 Å². The van der Waals surface area contributed by atoms with Crippen LogP contribution in [-0.2, 0) is 14.8 Å². The largest absolute Gasteiger partial charge is 0.465 e. The van der Waals surface area contributed by atoms with Crippen LogP contribution in [0.4, 0.5) is 10.6 Å². The molecule has 0 spiro atoms. The first-order valence-electron chi connectivity index (χ1n) is 7.46. The summed E-state index contributed by atoms with van der Waals surface area (Å²) in [6.45, 7) is 1.32. The molecule has 9 nitrogen and oxygen atoms in total. The first-order chi connectivity index (χ1) is 12.0. The lowest BCUT2D eigenvalue weighted by atomic mass is 10.1. The van der Waals surface area contributed by atoms with Gasteiger partial charge in [-0.3, -0.25) is 10.3 Å². The van der Waals surface area contributed by atoms with Gasteiger partial charge in [0, 0.05) is 37.2 Å². The number of amides is 1. The predicted octanol–water partition coefficient (Wildman–Crippen LogP) is 1.25. The number of pyridine rings is 2. The fourth-order valence-corrected chi connectivity index (χ4v) is 3.84.